The van der Waals surface area contributed by atoms with Gasteiger partial charge in [0.05, 0.1) is 73.7 Å². The van der Waals surface area contributed by atoms with Crippen LogP contribution in [0.5, 0.6) is 0 Å². The van der Waals surface area contributed by atoms with Crippen molar-refractivity contribution in [3.63, 3.8) is 0 Å². The van der Waals surface area contributed by atoms with Gasteiger partial charge in [-0.25, -0.2) is 23.7 Å². The third-order valence-electron chi connectivity index (χ3n) is 14.8. The van der Waals surface area contributed by atoms with E-state index in [2.05, 4.69) is 51.3 Å². The van der Waals surface area contributed by atoms with Gasteiger partial charge in [-0.2, -0.15) is 0 Å². The molecule has 3 fully saturated rings. The first-order valence-electron chi connectivity index (χ1n) is 27.3. The van der Waals surface area contributed by atoms with Crippen molar-refractivity contribution in [3.8, 4) is 0 Å². The van der Waals surface area contributed by atoms with E-state index >= 15 is 0 Å². The summed E-state index contributed by atoms with van der Waals surface area (Å²) < 4.78 is 47.9. The number of aromatic nitrogens is 4. The molecular weight excluding hydrogens is 1080 g/mol. The van der Waals surface area contributed by atoms with Crippen LogP contribution >= 0.6 is 22.9 Å². The number of thiazole rings is 1. The molecule has 2 aliphatic heterocycles. The summed E-state index contributed by atoms with van der Waals surface area (Å²) in [6, 6.07) is 8.05. The number of aryl methyl sites for hydroxylation is 3. The van der Waals surface area contributed by atoms with Crippen LogP contribution in [0.15, 0.2) is 42.6 Å². The van der Waals surface area contributed by atoms with E-state index in [0.717, 1.165) is 88.3 Å². The minimum atomic E-state index is -1.16. The van der Waals surface area contributed by atoms with Gasteiger partial charge in [0.2, 0.25) is 11.8 Å². The van der Waals surface area contributed by atoms with Gasteiger partial charge in [-0.15, -0.1) is 0 Å². The van der Waals surface area contributed by atoms with E-state index in [4.69, 9.17) is 25.8 Å². The minimum absolute atomic E-state index is 0.0106. The molecule has 0 radical (unpaired) electrons. The molecule has 80 heavy (non-hydrogen) atoms. The number of likely N-dealkylation sites (N-methyl/N-ethyl adjacent to an activating group) is 1. The first-order chi connectivity index (χ1) is 38.6. The van der Waals surface area contributed by atoms with Crippen molar-refractivity contribution in [2.24, 2.45) is 13.0 Å². The van der Waals surface area contributed by atoms with Crippen molar-refractivity contribution in [2.75, 3.05) is 128 Å². The molecule has 5 amide bonds. The zero-order valence-corrected chi connectivity index (χ0v) is 47.6. The number of carbonyl (C=O) groups is 5. The highest BCUT2D eigenvalue weighted by atomic mass is 35.5. The highest BCUT2D eigenvalue weighted by molar-refractivity contribution is 7.17. The topological polar surface area (TPSA) is 230 Å². The van der Waals surface area contributed by atoms with Gasteiger partial charge in [0.1, 0.15) is 34.1 Å². The molecule has 0 spiro atoms. The van der Waals surface area contributed by atoms with Crippen LogP contribution in [0.1, 0.15) is 80.9 Å². The maximum Gasteiger partial charge on any atom is 0.271 e. The van der Waals surface area contributed by atoms with Crippen molar-refractivity contribution >= 4 is 85.8 Å². The average molecular weight is 1150 g/mol. The summed E-state index contributed by atoms with van der Waals surface area (Å²) in [7, 11) is 3.21. The number of rotatable bonds is 24. The maximum absolute atomic E-state index is 14.7. The quantitative estimate of drug-likeness (QED) is 0.0479. The number of ether oxygens (including phenoxy) is 3. The third kappa shape index (κ3) is 15.1. The molecule has 2 saturated heterocycles. The van der Waals surface area contributed by atoms with E-state index in [1.807, 2.05) is 32.0 Å². The molecule has 8 rings (SSSR count). The first-order valence-corrected chi connectivity index (χ1v) is 28.5. The van der Waals surface area contributed by atoms with E-state index in [0.29, 0.717) is 58.8 Å². The van der Waals surface area contributed by atoms with Crippen LogP contribution in [-0.2, 0) is 30.8 Å². The third-order valence-corrected chi connectivity index (χ3v) is 16.1. The lowest BCUT2D eigenvalue weighted by atomic mass is 9.83. The monoisotopic (exact) mass is 1150 g/mol. The van der Waals surface area contributed by atoms with Crippen molar-refractivity contribution in [2.45, 2.75) is 65.0 Å². The lowest BCUT2D eigenvalue weighted by molar-refractivity contribution is -0.140. The van der Waals surface area contributed by atoms with Gasteiger partial charge in [0, 0.05) is 90.0 Å². The molecule has 2 atom stereocenters. The number of para-hydroxylation sites is 1. The zero-order valence-electron chi connectivity index (χ0n) is 46.0. The van der Waals surface area contributed by atoms with Crippen molar-refractivity contribution in [3.05, 3.63) is 86.8 Å². The minimum Gasteiger partial charge on any atom is -0.378 e. The zero-order chi connectivity index (χ0) is 56.9. The summed E-state index contributed by atoms with van der Waals surface area (Å²) in [5.74, 6) is -2.19. The van der Waals surface area contributed by atoms with Gasteiger partial charge in [-0.3, -0.25) is 28.9 Å². The van der Waals surface area contributed by atoms with Crippen LogP contribution in [0.2, 0.25) is 5.02 Å². The van der Waals surface area contributed by atoms with Crippen LogP contribution < -0.4 is 31.5 Å². The lowest BCUT2D eigenvalue weighted by Gasteiger charge is -2.39. The number of hydrogen-bond donors (Lipinski definition) is 5. The Morgan fingerprint density at radius 3 is 2.20 bits per heavy atom. The van der Waals surface area contributed by atoms with Crippen LogP contribution in [-0.4, -0.2) is 188 Å². The van der Waals surface area contributed by atoms with Crippen LogP contribution in [0.4, 0.5) is 31.2 Å². The molecule has 5 aromatic rings. The average Bonchev–Trinajstić information content (AvgIpc) is 4.11. The van der Waals surface area contributed by atoms with Gasteiger partial charge in [-0.1, -0.05) is 54.3 Å². The molecule has 0 bridgehead atoms. The second kappa shape index (κ2) is 28.3. The molecule has 25 heteroatoms. The number of nitrogens with zero attached hydrogens (tertiary/aromatic N) is 8. The van der Waals surface area contributed by atoms with Crippen molar-refractivity contribution < 1.29 is 47.0 Å². The van der Waals surface area contributed by atoms with Gasteiger partial charge >= 0.3 is 0 Å². The fourth-order valence-corrected chi connectivity index (χ4v) is 11.2. The SMILES string of the molecule is CN[C@@H](C)C(=O)NC(C(=O)N1CCN(C(=O)c2c(C(=O)NCCOCCOCCOCCN3CCN(c4cc(Nc5ncc(C(=O)Nc6c(C)cccc6Cl)s5)nc(C)n4)CC3)c3cc(F)c(F)cc3n2C)CC1)C1CCCCC1. The molecule has 1 unspecified atom stereocenters. The Hall–Kier alpha value is -6.41. The van der Waals surface area contributed by atoms with Crippen LogP contribution in [0.25, 0.3) is 10.9 Å². The van der Waals surface area contributed by atoms with Crippen molar-refractivity contribution in [1.29, 1.82) is 0 Å². The summed E-state index contributed by atoms with van der Waals surface area (Å²) in [5.41, 5.74) is 1.47. The second-order valence-corrected chi connectivity index (χ2v) is 21.6. The van der Waals surface area contributed by atoms with E-state index in [1.165, 1.54) is 34.0 Å². The Kier molecular flexibility index (Phi) is 21.1. The van der Waals surface area contributed by atoms with E-state index in [-0.39, 0.29) is 91.7 Å². The Labute approximate surface area is 473 Å². The van der Waals surface area contributed by atoms with E-state index in [9.17, 15) is 32.8 Å². The molecule has 432 valence electrons. The lowest BCUT2D eigenvalue weighted by Crippen LogP contribution is -2.59. The number of nitrogens with one attached hydrogen (secondary N) is 5. The van der Waals surface area contributed by atoms with Gasteiger partial charge < -0.3 is 60.1 Å². The molecule has 5 heterocycles. The van der Waals surface area contributed by atoms with Gasteiger partial charge in [0.25, 0.3) is 17.7 Å². The summed E-state index contributed by atoms with van der Waals surface area (Å²) >= 11 is 7.52. The van der Waals surface area contributed by atoms with E-state index in [1.54, 1.807) is 24.9 Å². The molecule has 1 saturated carbocycles. The van der Waals surface area contributed by atoms with Crippen molar-refractivity contribution in [1.82, 2.24) is 50.2 Å². The molecular formula is C55H72ClF2N13O8S. The summed E-state index contributed by atoms with van der Waals surface area (Å²) in [6.07, 6.45) is 6.25. The number of anilines is 4. The fourth-order valence-electron chi connectivity index (χ4n) is 10.2. The Bertz CT molecular complexity index is 2960. The highest BCUT2D eigenvalue weighted by Crippen LogP contribution is 2.32. The Morgan fingerprint density at radius 2 is 1.50 bits per heavy atom. The van der Waals surface area contributed by atoms with Gasteiger partial charge in [-0.05, 0) is 64.3 Å². The largest absolute Gasteiger partial charge is 0.378 e. The number of hydrogen-bond acceptors (Lipinski definition) is 16. The summed E-state index contributed by atoms with van der Waals surface area (Å²) in [6.45, 7) is 12.1. The molecule has 3 aromatic heterocycles. The Morgan fingerprint density at radius 1 is 0.825 bits per heavy atom. The maximum atomic E-state index is 14.7. The molecule has 5 N–H and O–H groups in total. The first kappa shape index (κ1) is 59.7. The van der Waals surface area contributed by atoms with Crippen LogP contribution in [0, 0.1) is 31.4 Å². The number of carbonyl (C=O) groups excluding carboxylic acids is 5. The van der Waals surface area contributed by atoms with Gasteiger partial charge in [0.15, 0.2) is 16.8 Å². The number of piperazine rings is 2. The smallest absolute Gasteiger partial charge is 0.271 e. The number of amides is 5. The number of halogens is 3. The summed E-state index contributed by atoms with van der Waals surface area (Å²) in [5, 5.41) is 15.9. The predicted octanol–water partition coefficient (Wildman–Crippen LogP) is 5.53. The van der Waals surface area contributed by atoms with E-state index < -0.39 is 35.5 Å². The molecule has 1 aliphatic carbocycles. The number of fused-ring (bicyclic) bond motifs is 1. The normalized spacial score (nSPS) is 16.2. The molecule has 21 nitrogen and oxygen atoms in total. The standard InChI is InChI=1S/C55H72ClF2N13O8S/c1-34-10-9-13-39(56)47(34)65-51(73)43-33-61-55(80-43)64-44-32-45(63-36(3)62-44)69-17-15-68(16-18-69)23-25-78-27-29-79-28-26-77-24-14-60-52(74)46-38-30-40(57)41(58)31-42(38)67(5)49(46)54(76)71-21-19-70(20-22-71)53(75)48(37-11-7-6-8-12-37)66-50(72)35(2)59-4/h9-10,13,30-33,35,37,48,59H,6-8,11-12,14-29H2,1-5H3,(H,60,74)(H,65,73)(H,66,72)(H,61,62,63,64)/t35-,48?/m0/s1. The molecule has 3 aliphatic rings. The highest BCUT2D eigenvalue weighted by Gasteiger charge is 2.38. The second-order valence-electron chi connectivity index (χ2n) is 20.2. The number of benzene rings is 2. The summed E-state index contributed by atoms with van der Waals surface area (Å²) in [4.78, 5) is 89.9. The predicted molar refractivity (Wildman–Crippen MR) is 302 cm³/mol. The fraction of sp³-hybridized carbons (Fsp3) is 0.527. The molecule has 2 aromatic carbocycles. The van der Waals surface area contributed by atoms with Crippen LogP contribution in [0.3, 0.4) is 0 Å². The Balaban J connectivity index is 0.718.